The summed E-state index contributed by atoms with van der Waals surface area (Å²) in [7, 11) is 1.34. The minimum Gasteiger partial charge on any atom is -0.466 e. The van der Waals surface area contributed by atoms with Gasteiger partial charge in [-0.1, -0.05) is 48.5 Å². The van der Waals surface area contributed by atoms with Gasteiger partial charge in [0, 0.05) is 18.0 Å². The number of hydrogen-bond acceptors (Lipinski definition) is 4. The van der Waals surface area contributed by atoms with E-state index in [2.05, 4.69) is 6.07 Å². The van der Waals surface area contributed by atoms with Gasteiger partial charge in [-0.05, 0) is 24.1 Å². The lowest BCUT2D eigenvalue weighted by molar-refractivity contribution is -0.138. The van der Waals surface area contributed by atoms with Gasteiger partial charge in [0.25, 0.3) is 0 Å². The second-order valence-corrected chi connectivity index (χ2v) is 6.41. The molecule has 3 rings (SSSR count). The predicted octanol–water partition coefficient (Wildman–Crippen LogP) is 3.52. The number of allylic oxidation sites excluding steroid dienone is 1. The number of nitrogens with zero attached hydrogens (tertiary/aromatic N) is 2. The van der Waals surface area contributed by atoms with Gasteiger partial charge < -0.3 is 9.64 Å². The molecule has 5 nitrogen and oxygen atoms in total. The molecule has 136 valence electrons. The van der Waals surface area contributed by atoms with Gasteiger partial charge in [-0.3, -0.25) is 4.79 Å². The smallest absolute Gasteiger partial charge is 0.336 e. The first-order valence-electron chi connectivity index (χ1n) is 8.69. The van der Waals surface area contributed by atoms with Crippen LogP contribution >= 0.6 is 0 Å². The molecule has 0 saturated heterocycles. The Labute approximate surface area is 158 Å². The minimum absolute atomic E-state index is 0.0817. The zero-order valence-corrected chi connectivity index (χ0v) is 15.3. The molecule has 0 bridgehead atoms. The number of methoxy groups -OCH3 is 1. The maximum absolute atomic E-state index is 12.9. The number of benzene rings is 2. The molecule has 0 saturated carbocycles. The Bertz CT molecular complexity index is 942. The molecule has 0 unspecified atom stereocenters. The summed E-state index contributed by atoms with van der Waals surface area (Å²) in [6, 6.07) is 18.8. The summed E-state index contributed by atoms with van der Waals surface area (Å²) < 4.78 is 5.00. The number of nitriles is 1. The van der Waals surface area contributed by atoms with Crippen LogP contribution in [0.3, 0.4) is 0 Å². The number of ether oxygens (including phenoxy) is 1. The van der Waals surface area contributed by atoms with Crippen LogP contribution in [0.15, 0.2) is 65.9 Å². The lowest BCUT2D eigenvalue weighted by Crippen LogP contribution is -2.38. The van der Waals surface area contributed by atoms with E-state index in [1.807, 2.05) is 42.5 Å². The number of amides is 1. The van der Waals surface area contributed by atoms with Crippen molar-refractivity contribution in [3.05, 3.63) is 82.6 Å². The molecule has 0 aliphatic carbocycles. The number of hydrogen-bond donors (Lipinski definition) is 0. The van der Waals surface area contributed by atoms with Crippen molar-refractivity contribution in [2.24, 2.45) is 0 Å². The van der Waals surface area contributed by atoms with Gasteiger partial charge in [0.2, 0.25) is 5.91 Å². The van der Waals surface area contributed by atoms with E-state index >= 15 is 0 Å². The highest BCUT2D eigenvalue weighted by atomic mass is 16.5. The zero-order valence-electron chi connectivity index (χ0n) is 15.3. The maximum atomic E-state index is 12.9. The second-order valence-electron chi connectivity index (χ2n) is 6.41. The summed E-state index contributed by atoms with van der Waals surface area (Å²) >= 11 is 0. The molecule has 5 heteroatoms. The average Bonchev–Trinajstić information content (AvgIpc) is 2.71. The van der Waals surface area contributed by atoms with Crippen molar-refractivity contribution in [1.29, 1.82) is 5.26 Å². The van der Waals surface area contributed by atoms with E-state index in [1.54, 1.807) is 24.0 Å². The molecular weight excluding hydrogens is 340 g/mol. The van der Waals surface area contributed by atoms with Crippen LogP contribution in [0.4, 0.5) is 0 Å². The Morgan fingerprint density at radius 3 is 2.52 bits per heavy atom. The summed E-state index contributed by atoms with van der Waals surface area (Å²) in [5.74, 6) is -0.859. The van der Waals surface area contributed by atoms with E-state index in [-0.39, 0.29) is 24.8 Å². The van der Waals surface area contributed by atoms with Gasteiger partial charge in [-0.2, -0.15) is 5.26 Å². The molecule has 0 spiro atoms. The Hall–Kier alpha value is -3.39. The van der Waals surface area contributed by atoms with Gasteiger partial charge in [0.05, 0.1) is 30.9 Å². The van der Waals surface area contributed by atoms with Crippen molar-refractivity contribution >= 4 is 11.9 Å². The van der Waals surface area contributed by atoms with E-state index in [9.17, 15) is 14.9 Å². The minimum atomic E-state index is -0.438. The second kappa shape index (κ2) is 7.88. The van der Waals surface area contributed by atoms with Gasteiger partial charge in [-0.25, -0.2) is 4.79 Å². The zero-order chi connectivity index (χ0) is 19.4. The van der Waals surface area contributed by atoms with Crippen LogP contribution < -0.4 is 0 Å². The molecule has 27 heavy (non-hydrogen) atoms. The quantitative estimate of drug-likeness (QED) is 0.782. The van der Waals surface area contributed by atoms with E-state index in [1.165, 1.54) is 7.11 Å². The van der Waals surface area contributed by atoms with Crippen molar-refractivity contribution in [2.75, 3.05) is 7.11 Å². The van der Waals surface area contributed by atoms with Crippen LogP contribution in [0.5, 0.6) is 0 Å². The molecule has 0 fully saturated rings. The van der Waals surface area contributed by atoms with Crippen molar-refractivity contribution in [1.82, 2.24) is 4.90 Å². The maximum Gasteiger partial charge on any atom is 0.336 e. The largest absolute Gasteiger partial charge is 0.466 e. The molecule has 2 aromatic rings. The number of carbonyl (C=O) groups is 2. The van der Waals surface area contributed by atoms with E-state index in [0.717, 1.165) is 11.1 Å². The normalized spacial score (nSPS) is 16.9. The van der Waals surface area contributed by atoms with Crippen LogP contribution in [-0.4, -0.2) is 23.9 Å². The van der Waals surface area contributed by atoms with Crippen LogP contribution in [0.1, 0.15) is 36.0 Å². The van der Waals surface area contributed by atoms with Crippen LogP contribution in [0.25, 0.3) is 0 Å². The lowest BCUT2D eigenvalue weighted by atomic mass is 9.83. The first kappa shape index (κ1) is 18.4. The van der Waals surface area contributed by atoms with Crippen molar-refractivity contribution < 1.29 is 14.3 Å². The summed E-state index contributed by atoms with van der Waals surface area (Å²) in [6.45, 7) is 2.00. The van der Waals surface area contributed by atoms with E-state index in [0.29, 0.717) is 16.8 Å². The molecule has 1 heterocycles. The first-order chi connectivity index (χ1) is 13.1. The highest BCUT2D eigenvalue weighted by molar-refractivity contribution is 5.95. The van der Waals surface area contributed by atoms with Crippen molar-refractivity contribution in [3.8, 4) is 6.07 Å². The van der Waals surface area contributed by atoms with E-state index in [4.69, 9.17) is 4.74 Å². The number of rotatable bonds is 4. The van der Waals surface area contributed by atoms with Crippen molar-refractivity contribution in [2.45, 2.75) is 25.8 Å². The number of carbonyl (C=O) groups excluding carboxylic acids is 2. The Balaban J connectivity index is 2.05. The summed E-state index contributed by atoms with van der Waals surface area (Å²) in [4.78, 5) is 27.0. The Morgan fingerprint density at radius 2 is 1.85 bits per heavy atom. The van der Waals surface area contributed by atoms with Crippen LogP contribution in [0.2, 0.25) is 0 Å². The molecule has 0 aromatic heterocycles. The monoisotopic (exact) mass is 360 g/mol. The molecule has 1 aliphatic heterocycles. The average molecular weight is 360 g/mol. The first-order valence-corrected chi connectivity index (χ1v) is 8.69. The molecular formula is C22H20N2O3. The third-order valence-corrected chi connectivity index (χ3v) is 4.90. The standard InChI is InChI=1S/C22H20N2O3/c1-15-21(22(26)27-2)19(16-8-4-3-5-9-16)12-20(25)24(15)14-18-11-7-6-10-17(18)13-23/h3-11,19H,12,14H2,1-2H3/t19-/m1/s1. The third-order valence-electron chi connectivity index (χ3n) is 4.90. The van der Waals surface area contributed by atoms with Crippen molar-refractivity contribution in [3.63, 3.8) is 0 Å². The predicted molar refractivity (Wildman–Crippen MR) is 100 cm³/mol. The highest BCUT2D eigenvalue weighted by Gasteiger charge is 2.36. The third kappa shape index (κ3) is 3.61. The molecule has 1 atom stereocenters. The van der Waals surface area contributed by atoms with E-state index < -0.39 is 5.97 Å². The number of esters is 1. The summed E-state index contributed by atoms with van der Waals surface area (Å²) in [6.07, 6.45) is 0.181. The molecule has 2 aromatic carbocycles. The molecule has 1 aliphatic rings. The van der Waals surface area contributed by atoms with Gasteiger partial charge >= 0.3 is 5.97 Å². The molecule has 0 radical (unpaired) electrons. The Morgan fingerprint density at radius 1 is 1.19 bits per heavy atom. The molecule has 0 N–H and O–H groups in total. The summed E-state index contributed by atoms with van der Waals surface area (Å²) in [5.41, 5.74) is 3.22. The Kier molecular flexibility index (Phi) is 5.37. The SMILES string of the molecule is COC(=O)C1=C(C)N(Cc2ccccc2C#N)C(=O)C[C@@H]1c1ccccc1. The topological polar surface area (TPSA) is 70.4 Å². The highest BCUT2D eigenvalue weighted by Crippen LogP contribution is 2.37. The van der Waals surface area contributed by atoms with Gasteiger partial charge in [-0.15, -0.1) is 0 Å². The van der Waals surface area contributed by atoms with Gasteiger partial charge in [0.1, 0.15) is 0 Å². The van der Waals surface area contributed by atoms with Gasteiger partial charge in [0.15, 0.2) is 0 Å². The molecule has 1 amide bonds. The van der Waals surface area contributed by atoms with Crippen LogP contribution in [0, 0.1) is 11.3 Å². The fraction of sp³-hybridized carbons (Fsp3) is 0.227. The lowest BCUT2D eigenvalue weighted by Gasteiger charge is -2.34. The fourth-order valence-corrected chi connectivity index (χ4v) is 3.49. The summed E-state index contributed by atoms with van der Waals surface area (Å²) in [5, 5.41) is 9.31. The van der Waals surface area contributed by atoms with Crippen LogP contribution in [-0.2, 0) is 20.9 Å². The fourth-order valence-electron chi connectivity index (χ4n) is 3.49.